The van der Waals surface area contributed by atoms with Crippen molar-refractivity contribution < 1.29 is 12.8 Å². The van der Waals surface area contributed by atoms with E-state index < -0.39 is 16.1 Å². The summed E-state index contributed by atoms with van der Waals surface area (Å²) in [5.41, 5.74) is 2.19. The Balaban J connectivity index is 1.66. The van der Waals surface area contributed by atoms with E-state index in [0.29, 0.717) is 36.0 Å². The highest BCUT2D eigenvalue weighted by molar-refractivity contribution is 7.89. The second kappa shape index (κ2) is 6.54. The van der Waals surface area contributed by atoms with Crippen molar-refractivity contribution in [1.82, 2.24) is 29.3 Å². The lowest BCUT2D eigenvalue weighted by atomic mass is 10.2. The van der Waals surface area contributed by atoms with Crippen LogP contribution >= 0.6 is 0 Å². The minimum atomic E-state index is -3.70. The Morgan fingerprint density at radius 3 is 2.67 bits per heavy atom. The van der Waals surface area contributed by atoms with E-state index in [1.54, 1.807) is 24.9 Å². The molecule has 1 atom stereocenters. The molecule has 0 amide bonds. The molecule has 4 heterocycles. The molecule has 10 heteroatoms. The van der Waals surface area contributed by atoms with Gasteiger partial charge in [0.2, 0.25) is 21.8 Å². The number of sulfonamides is 1. The summed E-state index contributed by atoms with van der Waals surface area (Å²) in [5, 5.41) is 12.2. The van der Waals surface area contributed by atoms with E-state index in [0.717, 1.165) is 12.1 Å². The number of rotatable bonds is 4. The van der Waals surface area contributed by atoms with Crippen LogP contribution in [0.15, 0.2) is 33.8 Å². The van der Waals surface area contributed by atoms with Crippen LogP contribution in [-0.4, -0.2) is 44.2 Å². The number of aryl methyl sites for hydroxylation is 2. The van der Waals surface area contributed by atoms with E-state index in [4.69, 9.17) is 4.42 Å². The number of pyridine rings is 1. The van der Waals surface area contributed by atoms with Crippen molar-refractivity contribution in [2.75, 3.05) is 6.54 Å². The predicted octanol–water partition coefficient (Wildman–Crippen LogP) is 2.01. The Morgan fingerprint density at radius 1 is 1.19 bits per heavy atom. The topological polar surface area (TPSA) is 107 Å². The highest BCUT2D eigenvalue weighted by Crippen LogP contribution is 2.37. The summed E-state index contributed by atoms with van der Waals surface area (Å²) in [7, 11) is -1.98. The third-order valence-electron chi connectivity index (χ3n) is 4.86. The van der Waals surface area contributed by atoms with Crippen LogP contribution in [0, 0.1) is 13.8 Å². The first-order chi connectivity index (χ1) is 12.9. The van der Waals surface area contributed by atoms with Crippen molar-refractivity contribution in [3.05, 3.63) is 41.8 Å². The maximum Gasteiger partial charge on any atom is 0.249 e. The second-order valence-corrected chi connectivity index (χ2v) is 8.48. The predicted molar refractivity (Wildman–Crippen MR) is 96.1 cm³/mol. The quantitative estimate of drug-likeness (QED) is 0.673. The van der Waals surface area contributed by atoms with Gasteiger partial charge in [-0.25, -0.2) is 8.42 Å². The van der Waals surface area contributed by atoms with E-state index in [2.05, 4.69) is 20.3 Å². The Bertz CT molecular complexity index is 1070. The standard InChI is InChI=1S/C17H20N6O3S/c1-11-6-7-13(9-18-11)16-20-21-17(26-16)14-5-4-8-23(14)27(24,25)15-10-19-22(3)12(15)2/h6-7,9-10,14H,4-5,8H2,1-3H3/t14-/m1/s1. The maximum atomic E-state index is 13.1. The van der Waals surface area contributed by atoms with Crippen LogP contribution in [0.4, 0.5) is 0 Å². The van der Waals surface area contributed by atoms with Crippen molar-refractivity contribution in [1.29, 1.82) is 0 Å². The van der Waals surface area contributed by atoms with Crippen LogP contribution in [0.2, 0.25) is 0 Å². The Labute approximate surface area is 157 Å². The van der Waals surface area contributed by atoms with Crippen LogP contribution in [0.1, 0.15) is 36.2 Å². The zero-order valence-electron chi connectivity index (χ0n) is 15.3. The van der Waals surface area contributed by atoms with Crippen molar-refractivity contribution in [3.63, 3.8) is 0 Å². The summed E-state index contributed by atoms with van der Waals surface area (Å²) in [6, 6.07) is 3.23. The van der Waals surface area contributed by atoms with Gasteiger partial charge in [-0.15, -0.1) is 10.2 Å². The summed E-state index contributed by atoms with van der Waals surface area (Å²) < 4.78 is 35.1. The fourth-order valence-corrected chi connectivity index (χ4v) is 5.05. The zero-order chi connectivity index (χ0) is 19.2. The molecule has 142 valence electrons. The van der Waals surface area contributed by atoms with Gasteiger partial charge < -0.3 is 4.42 Å². The van der Waals surface area contributed by atoms with Crippen LogP contribution < -0.4 is 0 Å². The van der Waals surface area contributed by atoms with E-state index in [1.807, 2.05) is 19.1 Å². The lowest BCUT2D eigenvalue weighted by molar-refractivity contribution is 0.332. The van der Waals surface area contributed by atoms with Gasteiger partial charge in [-0.1, -0.05) is 0 Å². The summed E-state index contributed by atoms with van der Waals surface area (Å²) >= 11 is 0. The monoisotopic (exact) mass is 388 g/mol. The van der Waals surface area contributed by atoms with Crippen LogP contribution in [0.3, 0.4) is 0 Å². The van der Waals surface area contributed by atoms with Gasteiger partial charge in [0, 0.05) is 25.5 Å². The average molecular weight is 388 g/mol. The van der Waals surface area contributed by atoms with Crippen LogP contribution in [-0.2, 0) is 17.1 Å². The van der Waals surface area contributed by atoms with Crippen LogP contribution in [0.25, 0.3) is 11.5 Å². The van der Waals surface area contributed by atoms with Gasteiger partial charge in [0.05, 0.1) is 17.5 Å². The molecule has 4 rings (SSSR count). The number of hydrogen-bond acceptors (Lipinski definition) is 7. The lowest BCUT2D eigenvalue weighted by Gasteiger charge is -2.21. The van der Waals surface area contributed by atoms with Gasteiger partial charge in [0.1, 0.15) is 10.9 Å². The molecule has 0 aromatic carbocycles. The van der Waals surface area contributed by atoms with E-state index >= 15 is 0 Å². The fraction of sp³-hybridized carbons (Fsp3) is 0.412. The van der Waals surface area contributed by atoms with E-state index in [9.17, 15) is 8.42 Å². The van der Waals surface area contributed by atoms with Crippen molar-refractivity contribution in [2.24, 2.45) is 7.05 Å². The second-order valence-electron chi connectivity index (χ2n) is 6.63. The van der Waals surface area contributed by atoms with E-state index in [-0.39, 0.29) is 4.90 Å². The third-order valence-corrected chi connectivity index (χ3v) is 6.88. The Hall–Kier alpha value is -2.59. The average Bonchev–Trinajstić information content (AvgIpc) is 3.36. The summed E-state index contributed by atoms with van der Waals surface area (Å²) in [5.74, 6) is 0.632. The van der Waals surface area contributed by atoms with Gasteiger partial charge in [0.25, 0.3) is 0 Å². The molecule has 0 spiro atoms. The lowest BCUT2D eigenvalue weighted by Crippen LogP contribution is -2.31. The fourth-order valence-electron chi connectivity index (χ4n) is 3.21. The molecule has 3 aromatic heterocycles. The Kier molecular flexibility index (Phi) is 4.31. The molecule has 1 saturated heterocycles. The molecular weight excluding hydrogens is 368 g/mol. The molecular formula is C17H20N6O3S. The number of hydrogen-bond donors (Lipinski definition) is 0. The molecule has 0 aliphatic carbocycles. The summed E-state index contributed by atoms with van der Waals surface area (Å²) in [6.45, 7) is 4.04. The molecule has 0 saturated carbocycles. The maximum absolute atomic E-state index is 13.1. The van der Waals surface area contributed by atoms with E-state index in [1.165, 1.54) is 10.5 Å². The van der Waals surface area contributed by atoms with Crippen molar-refractivity contribution in [3.8, 4) is 11.5 Å². The highest BCUT2D eigenvalue weighted by atomic mass is 32.2. The number of nitrogens with zero attached hydrogens (tertiary/aromatic N) is 6. The normalized spacial score (nSPS) is 18.3. The molecule has 1 fully saturated rings. The first-order valence-corrected chi connectivity index (χ1v) is 10.1. The smallest absolute Gasteiger partial charge is 0.249 e. The van der Waals surface area contributed by atoms with Gasteiger partial charge >= 0.3 is 0 Å². The highest BCUT2D eigenvalue weighted by Gasteiger charge is 2.40. The molecule has 27 heavy (non-hydrogen) atoms. The molecule has 0 unspecified atom stereocenters. The molecule has 0 bridgehead atoms. The minimum Gasteiger partial charge on any atom is -0.419 e. The van der Waals surface area contributed by atoms with Gasteiger partial charge in [0.15, 0.2) is 0 Å². The Morgan fingerprint density at radius 2 is 2.00 bits per heavy atom. The summed E-state index contributed by atoms with van der Waals surface area (Å²) in [6.07, 6.45) is 4.41. The molecule has 3 aromatic rings. The van der Waals surface area contributed by atoms with Crippen molar-refractivity contribution in [2.45, 2.75) is 37.6 Å². The molecule has 9 nitrogen and oxygen atoms in total. The van der Waals surface area contributed by atoms with Crippen molar-refractivity contribution >= 4 is 10.0 Å². The molecule has 0 radical (unpaired) electrons. The first kappa shape index (κ1) is 17.8. The SMILES string of the molecule is Cc1ccc(-c2nnc([C@H]3CCCN3S(=O)(=O)c3cnn(C)c3C)o2)cn1. The molecule has 1 aliphatic heterocycles. The van der Waals surface area contributed by atoms with Gasteiger partial charge in [-0.3, -0.25) is 9.67 Å². The van der Waals surface area contributed by atoms with Gasteiger partial charge in [-0.2, -0.15) is 9.40 Å². The molecule has 1 aliphatic rings. The first-order valence-electron chi connectivity index (χ1n) is 8.65. The zero-order valence-corrected chi connectivity index (χ0v) is 16.1. The largest absolute Gasteiger partial charge is 0.419 e. The number of aromatic nitrogens is 5. The van der Waals surface area contributed by atoms with Gasteiger partial charge in [-0.05, 0) is 38.8 Å². The minimum absolute atomic E-state index is 0.208. The molecule has 0 N–H and O–H groups in total. The third kappa shape index (κ3) is 3.04. The summed E-state index contributed by atoms with van der Waals surface area (Å²) in [4.78, 5) is 4.43. The van der Waals surface area contributed by atoms with Crippen LogP contribution in [0.5, 0.6) is 0 Å².